The summed E-state index contributed by atoms with van der Waals surface area (Å²) < 4.78 is 27.5. The van der Waals surface area contributed by atoms with E-state index < -0.39 is 17.9 Å². The molecule has 6 rings (SSSR count). The van der Waals surface area contributed by atoms with Gasteiger partial charge in [-0.2, -0.15) is 10.1 Å². The predicted octanol–water partition coefficient (Wildman–Crippen LogP) is 4.10. The number of aromatic nitrogens is 4. The first kappa shape index (κ1) is 30.4. The van der Waals surface area contributed by atoms with Crippen LogP contribution in [0.15, 0.2) is 84.9 Å². The summed E-state index contributed by atoms with van der Waals surface area (Å²) in [5, 5.41) is 15.2. The van der Waals surface area contributed by atoms with Crippen molar-refractivity contribution in [3.63, 3.8) is 0 Å². The Balaban J connectivity index is 0.00000368. The second-order valence-corrected chi connectivity index (χ2v) is 9.22. The van der Waals surface area contributed by atoms with Crippen molar-refractivity contribution >= 4 is 68.4 Å². The Morgan fingerprint density at radius 3 is 2.42 bits per heavy atom. The van der Waals surface area contributed by atoms with Crippen molar-refractivity contribution in [3.8, 4) is 34.6 Å². The van der Waals surface area contributed by atoms with Crippen LogP contribution in [-0.2, 0) is 17.9 Å². The third-order valence-electron chi connectivity index (χ3n) is 6.58. The van der Waals surface area contributed by atoms with Gasteiger partial charge in [0.2, 0.25) is 0 Å². The number of rotatable bonds is 9. The first-order valence-corrected chi connectivity index (χ1v) is 13.0. The fourth-order valence-electron chi connectivity index (χ4n) is 4.65. The van der Waals surface area contributed by atoms with Crippen LogP contribution in [0.25, 0.3) is 33.5 Å². The molecule has 0 unspecified atom stereocenters. The first-order chi connectivity index (χ1) is 20.4. The molecule has 3 heterocycles. The van der Waals surface area contributed by atoms with Crippen LogP contribution in [0.1, 0.15) is 34.4 Å². The van der Waals surface area contributed by atoms with E-state index in [1.165, 1.54) is 0 Å². The van der Waals surface area contributed by atoms with Crippen LogP contribution >= 0.6 is 0 Å². The Labute approximate surface area is 286 Å². The van der Waals surface area contributed by atoms with E-state index in [1.807, 2.05) is 60.0 Å². The minimum absolute atomic E-state index is 0. The fourth-order valence-corrected chi connectivity index (χ4v) is 4.65. The summed E-state index contributed by atoms with van der Waals surface area (Å²) in [4.78, 5) is 33.0. The van der Waals surface area contributed by atoms with Gasteiger partial charge in [0.1, 0.15) is 0 Å². The minimum atomic E-state index is -0.860. The maximum atomic E-state index is 13.2. The van der Waals surface area contributed by atoms with Crippen LogP contribution in [-0.4, -0.2) is 83.7 Å². The van der Waals surface area contributed by atoms with E-state index in [0.717, 1.165) is 16.7 Å². The van der Waals surface area contributed by atoms with Crippen molar-refractivity contribution in [3.05, 3.63) is 100.0 Å². The molecule has 0 saturated carbocycles. The van der Waals surface area contributed by atoms with Crippen LogP contribution in [0.3, 0.4) is 0 Å². The summed E-state index contributed by atoms with van der Waals surface area (Å²) in [6.07, 6.45) is -0.751. The van der Waals surface area contributed by atoms with Crippen molar-refractivity contribution in [2.24, 2.45) is 0 Å². The van der Waals surface area contributed by atoms with Crippen molar-refractivity contribution in [2.75, 3.05) is 6.61 Å². The molecule has 12 nitrogen and oxygen atoms in total. The van der Waals surface area contributed by atoms with Crippen LogP contribution < -0.4 is 15.7 Å². The number of fused-ring (bicyclic) bond motifs is 1. The van der Waals surface area contributed by atoms with E-state index in [2.05, 4.69) is 19.6 Å². The van der Waals surface area contributed by atoms with Crippen LogP contribution in [0, 0.1) is 6.92 Å². The van der Waals surface area contributed by atoms with Gasteiger partial charge in [0.05, 0.1) is 29.7 Å². The van der Waals surface area contributed by atoms with Gasteiger partial charge in [-0.15, -0.1) is 0 Å². The summed E-state index contributed by atoms with van der Waals surface area (Å²) in [6, 6.07) is 20.7. The molecule has 0 aliphatic carbocycles. The molecular weight excluding hydrogens is 583 g/mol. The molecular formula is C30H23KN4O8-. The van der Waals surface area contributed by atoms with E-state index in [1.54, 1.807) is 25.1 Å². The average molecular weight is 607 g/mol. The predicted molar refractivity (Wildman–Crippen MR) is 151 cm³/mol. The van der Waals surface area contributed by atoms with Gasteiger partial charge in [0.15, 0.2) is 30.0 Å². The van der Waals surface area contributed by atoms with Gasteiger partial charge in [-0.1, -0.05) is 54.6 Å². The normalized spacial score (nSPS) is 10.9. The Kier molecular flexibility index (Phi) is 9.27. The standard InChI is InChI=1S/C30H24N4O8.K/c1-3-38-28-31-23-10-6-9-22(27(35)39-16-24-17(2)40-30(37)41-24)25(23)34(28)15-18-11-13-19(14-12-18)20-7-4-5-8-21(20)26-32-29(36)42-33-26;/h4-14H,3,15-16H2,1-2H3,(H,32,33,36);/p-1. The first-order valence-electron chi connectivity index (χ1n) is 13.0. The van der Waals surface area contributed by atoms with Crippen molar-refractivity contribution in [1.82, 2.24) is 19.7 Å². The molecule has 1 radical (unpaired) electrons. The second-order valence-electron chi connectivity index (χ2n) is 9.22. The quantitative estimate of drug-likeness (QED) is 0.172. The number of benzene rings is 3. The largest absolute Gasteiger partial charge is 0.528 e. The van der Waals surface area contributed by atoms with Gasteiger partial charge in [-0.3, -0.25) is 4.57 Å². The molecule has 0 spiro atoms. The van der Waals surface area contributed by atoms with E-state index in [0.29, 0.717) is 35.8 Å². The van der Waals surface area contributed by atoms with E-state index >= 15 is 0 Å². The fraction of sp³-hybridized carbons (Fsp3) is 0.167. The summed E-state index contributed by atoms with van der Waals surface area (Å²) in [5.41, 5.74) is 4.68. The second kappa shape index (κ2) is 13.1. The summed E-state index contributed by atoms with van der Waals surface area (Å²) >= 11 is 0. The maximum Gasteiger partial charge on any atom is 0.519 e. The number of nitrogens with zero attached hydrogens (tertiary/aromatic N) is 4. The molecule has 3 aromatic carbocycles. The van der Waals surface area contributed by atoms with Crippen molar-refractivity contribution in [2.45, 2.75) is 27.0 Å². The summed E-state index contributed by atoms with van der Waals surface area (Å²) in [6.45, 7) is 3.86. The topological polar surface area (TPSA) is 159 Å². The molecule has 0 fully saturated rings. The third-order valence-corrected chi connectivity index (χ3v) is 6.58. The number of aryl methyl sites for hydroxylation is 1. The molecule has 0 aliphatic rings. The molecule has 0 amide bonds. The number of carbonyl (C=O) groups excluding carboxylic acids is 1. The molecule has 213 valence electrons. The van der Waals surface area contributed by atoms with Crippen molar-refractivity contribution in [1.29, 1.82) is 0 Å². The SMILES string of the molecule is CCOc1nc2cccc(C(=O)OCc3oc(=O)oc3C)c2n1Cc1ccc(-c2ccccc2-c2noc([O-])n2)cc1.[K]. The Morgan fingerprint density at radius 1 is 0.977 bits per heavy atom. The minimum Gasteiger partial charge on any atom is -0.528 e. The van der Waals surface area contributed by atoms with Gasteiger partial charge in [0, 0.05) is 56.9 Å². The molecule has 0 atom stereocenters. The molecule has 0 bridgehead atoms. The molecule has 0 N–H and O–H groups in total. The Bertz CT molecular complexity index is 1960. The molecule has 43 heavy (non-hydrogen) atoms. The number of hydrogen-bond acceptors (Lipinski definition) is 11. The molecule has 0 aliphatic heterocycles. The zero-order valence-electron chi connectivity index (χ0n) is 23.5. The van der Waals surface area contributed by atoms with Crippen LogP contribution in [0.5, 0.6) is 12.1 Å². The number of hydrogen-bond donors (Lipinski definition) is 0. The van der Waals surface area contributed by atoms with E-state index in [4.69, 9.17) is 18.3 Å². The number of carbonyl (C=O) groups is 1. The van der Waals surface area contributed by atoms with Crippen molar-refractivity contribution < 1.29 is 32.7 Å². The molecule has 3 aromatic heterocycles. The van der Waals surface area contributed by atoms with Crippen LogP contribution in [0.4, 0.5) is 0 Å². The molecule has 13 heteroatoms. The van der Waals surface area contributed by atoms with Gasteiger partial charge < -0.3 is 27.9 Å². The Morgan fingerprint density at radius 2 is 1.74 bits per heavy atom. The van der Waals surface area contributed by atoms with Gasteiger partial charge in [-0.05, 0) is 42.7 Å². The van der Waals surface area contributed by atoms with Crippen LogP contribution in [0.2, 0.25) is 0 Å². The zero-order chi connectivity index (χ0) is 29.2. The zero-order valence-corrected chi connectivity index (χ0v) is 26.7. The smallest absolute Gasteiger partial charge is 0.519 e. The van der Waals surface area contributed by atoms with E-state index in [9.17, 15) is 14.7 Å². The maximum absolute atomic E-state index is 13.2. The van der Waals surface area contributed by atoms with Gasteiger partial charge >= 0.3 is 11.8 Å². The Hall–Kier alpha value is -4.01. The number of para-hydroxylation sites is 1. The third kappa shape index (κ3) is 6.35. The average Bonchev–Trinajstić information content (AvgIpc) is 3.68. The summed E-state index contributed by atoms with van der Waals surface area (Å²) in [5.74, 6) is -0.884. The summed E-state index contributed by atoms with van der Waals surface area (Å²) in [7, 11) is 0. The number of imidazole rings is 1. The van der Waals surface area contributed by atoms with Gasteiger partial charge in [-0.25, -0.2) is 14.6 Å². The monoisotopic (exact) mass is 606 g/mol. The number of esters is 1. The number of ether oxygens (including phenoxy) is 2. The molecule has 0 saturated heterocycles. The molecule has 6 aromatic rings. The van der Waals surface area contributed by atoms with Gasteiger partial charge in [0.25, 0.3) is 6.01 Å². The van der Waals surface area contributed by atoms with E-state index in [-0.39, 0.29) is 80.9 Å².